The lowest BCUT2D eigenvalue weighted by atomic mass is 10.2. The Kier molecular flexibility index (Phi) is 5.97. The maximum atomic E-state index is 11.2. The molecule has 1 N–H and O–H groups in total. The molecule has 0 heterocycles. The Morgan fingerprint density at radius 3 is 2.50 bits per heavy atom. The highest BCUT2D eigenvalue weighted by Crippen LogP contribution is 2.31. The quantitative estimate of drug-likeness (QED) is 0.360. The Hall–Kier alpha value is -1.60. The Morgan fingerprint density at radius 1 is 1.45 bits per heavy atom. The van der Waals surface area contributed by atoms with Crippen LogP contribution < -0.4 is 0 Å². The number of benzene rings is 1. The molecule has 1 aromatic carbocycles. The molecule has 110 valence electrons. The van der Waals surface area contributed by atoms with Crippen molar-refractivity contribution in [3.63, 3.8) is 0 Å². The normalized spacial score (nSPS) is 12.4. The zero-order chi connectivity index (χ0) is 15.3. The molecule has 1 aromatic rings. The number of thioether (sulfide) groups is 1. The smallest absolute Gasteiger partial charge is 0.336 e. The molecule has 20 heavy (non-hydrogen) atoms. The molecule has 7 heteroatoms. The average Bonchev–Trinajstić information content (AvgIpc) is 2.39. The number of carbonyl (C=O) groups is 1. The largest absolute Gasteiger partial charge is 0.478 e. The molecular formula is C13H18N2O4S. The third-order valence-corrected chi connectivity index (χ3v) is 4.26. The summed E-state index contributed by atoms with van der Waals surface area (Å²) in [6, 6.07) is 3.83. The van der Waals surface area contributed by atoms with Crippen molar-refractivity contribution in [3.8, 4) is 0 Å². The first-order valence-corrected chi connectivity index (χ1v) is 7.21. The van der Waals surface area contributed by atoms with E-state index in [4.69, 9.17) is 5.11 Å². The van der Waals surface area contributed by atoms with E-state index < -0.39 is 10.9 Å². The summed E-state index contributed by atoms with van der Waals surface area (Å²) in [5.74, 6) is -1.07. The number of non-ortho nitro benzene ring substituents is 1. The van der Waals surface area contributed by atoms with Gasteiger partial charge in [-0.15, -0.1) is 11.8 Å². The van der Waals surface area contributed by atoms with Crippen LogP contribution in [0.1, 0.15) is 31.1 Å². The minimum atomic E-state index is -1.07. The molecule has 0 aliphatic rings. The number of hydrogen-bond donors (Lipinski definition) is 1. The predicted molar refractivity (Wildman–Crippen MR) is 78.3 cm³/mol. The third kappa shape index (κ3) is 3.94. The molecular weight excluding hydrogens is 280 g/mol. The fourth-order valence-electron chi connectivity index (χ4n) is 1.89. The van der Waals surface area contributed by atoms with Gasteiger partial charge in [-0.1, -0.05) is 13.8 Å². The van der Waals surface area contributed by atoms with Gasteiger partial charge in [0.2, 0.25) is 0 Å². The number of carboxylic acid groups (broad SMARTS) is 1. The summed E-state index contributed by atoms with van der Waals surface area (Å²) in [7, 11) is 0. The highest BCUT2D eigenvalue weighted by atomic mass is 32.2. The van der Waals surface area contributed by atoms with Gasteiger partial charge in [-0.2, -0.15) is 0 Å². The van der Waals surface area contributed by atoms with Gasteiger partial charge in [0.05, 0.1) is 15.9 Å². The molecule has 0 fully saturated rings. The minimum Gasteiger partial charge on any atom is -0.478 e. The van der Waals surface area contributed by atoms with Crippen LogP contribution in [0.15, 0.2) is 23.1 Å². The SMILES string of the molecule is CCN(CC)C(C)Sc1cc([N+](=O)[O-])ccc1C(=O)O. The molecule has 0 saturated carbocycles. The zero-order valence-electron chi connectivity index (χ0n) is 11.7. The highest BCUT2D eigenvalue weighted by Gasteiger charge is 2.19. The summed E-state index contributed by atoms with van der Waals surface area (Å²) in [6.45, 7) is 7.67. The van der Waals surface area contributed by atoms with E-state index in [1.54, 1.807) is 0 Å². The van der Waals surface area contributed by atoms with Crippen molar-refractivity contribution >= 4 is 23.4 Å². The summed E-state index contributed by atoms with van der Waals surface area (Å²) in [6.07, 6.45) is 0. The van der Waals surface area contributed by atoms with E-state index in [1.807, 2.05) is 20.8 Å². The van der Waals surface area contributed by atoms with Gasteiger partial charge in [-0.05, 0) is 26.1 Å². The monoisotopic (exact) mass is 298 g/mol. The van der Waals surface area contributed by atoms with Gasteiger partial charge >= 0.3 is 5.97 Å². The molecule has 6 nitrogen and oxygen atoms in total. The van der Waals surface area contributed by atoms with Crippen molar-refractivity contribution in [1.29, 1.82) is 0 Å². The molecule has 1 atom stereocenters. The number of nitro groups is 1. The predicted octanol–water partition coefficient (Wildman–Crippen LogP) is 3.07. The number of aromatic carboxylic acids is 1. The van der Waals surface area contributed by atoms with Crippen molar-refractivity contribution in [3.05, 3.63) is 33.9 Å². The third-order valence-electron chi connectivity index (χ3n) is 3.03. The second-order valence-electron chi connectivity index (χ2n) is 4.18. The molecule has 0 bridgehead atoms. The van der Waals surface area contributed by atoms with Gasteiger partial charge in [0.25, 0.3) is 5.69 Å². The van der Waals surface area contributed by atoms with Crippen LogP contribution in [0.5, 0.6) is 0 Å². The van der Waals surface area contributed by atoms with Crippen molar-refractivity contribution in [2.24, 2.45) is 0 Å². The lowest BCUT2D eigenvalue weighted by molar-refractivity contribution is -0.385. The Bertz CT molecular complexity index is 503. The number of nitrogens with zero attached hydrogens (tertiary/aromatic N) is 2. The molecule has 0 saturated heterocycles. The van der Waals surface area contributed by atoms with Gasteiger partial charge in [0.1, 0.15) is 0 Å². The van der Waals surface area contributed by atoms with E-state index in [0.717, 1.165) is 13.1 Å². The summed E-state index contributed by atoms with van der Waals surface area (Å²) < 4.78 is 0. The Morgan fingerprint density at radius 2 is 2.05 bits per heavy atom. The van der Waals surface area contributed by atoms with Gasteiger partial charge in [-0.3, -0.25) is 15.0 Å². The number of rotatable bonds is 7. The Balaban J connectivity index is 3.10. The number of nitro benzene ring substituents is 1. The fraction of sp³-hybridized carbons (Fsp3) is 0.462. The van der Waals surface area contributed by atoms with E-state index in [0.29, 0.717) is 4.90 Å². The topological polar surface area (TPSA) is 83.7 Å². The molecule has 0 aromatic heterocycles. The van der Waals surface area contributed by atoms with Crippen LogP contribution in [0.4, 0.5) is 5.69 Å². The lowest BCUT2D eigenvalue weighted by Gasteiger charge is -2.26. The molecule has 0 aliphatic heterocycles. The fourth-order valence-corrected chi connectivity index (χ4v) is 3.18. The first-order valence-electron chi connectivity index (χ1n) is 6.33. The molecule has 0 radical (unpaired) electrons. The van der Waals surface area contributed by atoms with Crippen LogP contribution in [-0.4, -0.2) is 39.4 Å². The standard InChI is InChI=1S/C13H18N2O4S/c1-4-14(5-2)9(3)20-12-8-10(15(18)19)6-7-11(12)13(16)17/h6-9H,4-5H2,1-3H3,(H,16,17). The lowest BCUT2D eigenvalue weighted by Crippen LogP contribution is -2.30. The van der Waals surface area contributed by atoms with Crippen LogP contribution in [-0.2, 0) is 0 Å². The van der Waals surface area contributed by atoms with Crippen molar-refractivity contribution in [2.75, 3.05) is 13.1 Å². The van der Waals surface area contributed by atoms with Crippen molar-refractivity contribution in [2.45, 2.75) is 31.0 Å². The van der Waals surface area contributed by atoms with Crippen molar-refractivity contribution in [1.82, 2.24) is 4.90 Å². The van der Waals surface area contributed by atoms with E-state index in [9.17, 15) is 14.9 Å². The number of hydrogen-bond acceptors (Lipinski definition) is 5. The van der Waals surface area contributed by atoms with E-state index >= 15 is 0 Å². The molecule has 1 rings (SSSR count). The summed E-state index contributed by atoms with van der Waals surface area (Å²) >= 11 is 1.33. The van der Waals surface area contributed by atoms with Gasteiger partial charge in [0, 0.05) is 17.0 Å². The van der Waals surface area contributed by atoms with Crippen LogP contribution in [0.25, 0.3) is 0 Å². The van der Waals surface area contributed by atoms with Crippen LogP contribution in [0, 0.1) is 10.1 Å². The summed E-state index contributed by atoms with van der Waals surface area (Å²) in [5, 5.41) is 20.0. The zero-order valence-corrected chi connectivity index (χ0v) is 12.5. The molecule has 0 amide bonds. The molecule has 1 unspecified atom stereocenters. The van der Waals surface area contributed by atoms with Crippen LogP contribution >= 0.6 is 11.8 Å². The second kappa shape index (κ2) is 7.25. The van der Waals surface area contributed by atoms with Crippen LogP contribution in [0.2, 0.25) is 0 Å². The summed E-state index contributed by atoms with van der Waals surface area (Å²) in [5.41, 5.74) is 0.00357. The number of carboxylic acids is 1. The van der Waals surface area contributed by atoms with E-state index in [-0.39, 0.29) is 16.6 Å². The van der Waals surface area contributed by atoms with Gasteiger partial charge < -0.3 is 5.11 Å². The van der Waals surface area contributed by atoms with Gasteiger partial charge in [-0.25, -0.2) is 4.79 Å². The minimum absolute atomic E-state index is 0.0464. The first-order chi connectivity index (χ1) is 9.40. The maximum Gasteiger partial charge on any atom is 0.336 e. The summed E-state index contributed by atoms with van der Waals surface area (Å²) in [4.78, 5) is 24.1. The first kappa shape index (κ1) is 16.5. The highest BCUT2D eigenvalue weighted by molar-refractivity contribution is 8.00. The van der Waals surface area contributed by atoms with Crippen molar-refractivity contribution < 1.29 is 14.8 Å². The molecule has 0 spiro atoms. The maximum absolute atomic E-state index is 11.2. The van der Waals surface area contributed by atoms with E-state index in [1.165, 1.54) is 30.0 Å². The Labute approximate surface area is 121 Å². The van der Waals surface area contributed by atoms with E-state index in [2.05, 4.69) is 4.90 Å². The average molecular weight is 298 g/mol. The molecule has 0 aliphatic carbocycles. The second-order valence-corrected chi connectivity index (χ2v) is 5.54. The van der Waals surface area contributed by atoms with Gasteiger partial charge in [0.15, 0.2) is 0 Å². The van der Waals surface area contributed by atoms with Crippen LogP contribution in [0.3, 0.4) is 0 Å².